The van der Waals surface area contributed by atoms with E-state index in [0.29, 0.717) is 32.8 Å². The number of hydrogen-bond donors (Lipinski definition) is 1. The van der Waals surface area contributed by atoms with Crippen LogP contribution in [0.3, 0.4) is 0 Å². The second-order valence-corrected chi connectivity index (χ2v) is 5.62. The molecule has 1 N–H and O–H groups in total. The number of rotatable bonds is 12. The number of carbonyl (C=O) groups is 2. The van der Waals surface area contributed by atoms with Crippen LogP contribution in [0.1, 0.15) is 25.8 Å². The predicted molar refractivity (Wildman–Crippen MR) is 89.3 cm³/mol. The molecular formula is C18H27NO4. The van der Waals surface area contributed by atoms with Gasteiger partial charge in [-0.1, -0.05) is 44.2 Å². The number of ether oxygens (including phenoxy) is 2. The third kappa shape index (κ3) is 9.81. The Kier molecular flexibility index (Phi) is 9.91. The molecular weight excluding hydrogens is 294 g/mol. The van der Waals surface area contributed by atoms with Crippen LogP contribution in [0.4, 0.5) is 0 Å². The third-order valence-electron chi connectivity index (χ3n) is 3.31. The zero-order chi connectivity index (χ0) is 16.9. The van der Waals surface area contributed by atoms with Gasteiger partial charge in [0.15, 0.2) is 5.78 Å². The Balaban J connectivity index is 1.92. The van der Waals surface area contributed by atoms with Crippen molar-refractivity contribution in [1.82, 2.24) is 5.32 Å². The van der Waals surface area contributed by atoms with Crippen molar-refractivity contribution in [2.75, 3.05) is 33.0 Å². The molecule has 128 valence electrons. The zero-order valence-corrected chi connectivity index (χ0v) is 14.0. The van der Waals surface area contributed by atoms with Gasteiger partial charge in [-0.25, -0.2) is 0 Å². The molecule has 23 heavy (non-hydrogen) atoms. The van der Waals surface area contributed by atoms with Gasteiger partial charge in [-0.2, -0.15) is 0 Å². The minimum Gasteiger partial charge on any atom is -0.377 e. The molecule has 0 bridgehead atoms. The van der Waals surface area contributed by atoms with Gasteiger partial charge in [0.05, 0.1) is 19.8 Å². The average molecular weight is 321 g/mol. The highest BCUT2D eigenvalue weighted by Crippen LogP contribution is 2.01. The number of aryl methyl sites for hydroxylation is 1. The number of carbonyl (C=O) groups excluding carboxylic acids is 2. The monoisotopic (exact) mass is 321 g/mol. The van der Waals surface area contributed by atoms with E-state index in [2.05, 4.69) is 5.32 Å². The first-order valence-electron chi connectivity index (χ1n) is 8.08. The van der Waals surface area contributed by atoms with Crippen LogP contribution in [0, 0.1) is 5.92 Å². The number of benzene rings is 1. The summed E-state index contributed by atoms with van der Waals surface area (Å²) in [6, 6.07) is 9.93. The van der Waals surface area contributed by atoms with Crippen molar-refractivity contribution >= 4 is 11.7 Å². The molecule has 0 fully saturated rings. The van der Waals surface area contributed by atoms with E-state index < -0.39 is 0 Å². The van der Waals surface area contributed by atoms with Crippen molar-refractivity contribution < 1.29 is 19.1 Å². The molecule has 0 aliphatic rings. The van der Waals surface area contributed by atoms with E-state index >= 15 is 0 Å². The Morgan fingerprint density at radius 1 is 1.04 bits per heavy atom. The molecule has 0 heterocycles. The summed E-state index contributed by atoms with van der Waals surface area (Å²) in [7, 11) is 0. The molecule has 0 aliphatic carbocycles. The first-order chi connectivity index (χ1) is 11.1. The highest BCUT2D eigenvalue weighted by Gasteiger charge is 2.06. The van der Waals surface area contributed by atoms with Crippen molar-refractivity contribution in [1.29, 1.82) is 0 Å². The highest BCUT2D eigenvalue weighted by atomic mass is 16.5. The molecule has 1 aromatic carbocycles. The largest absolute Gasteiger partial charge is 0.377 e. The number of hydrogen-bond acceptors (Lipinski definition) is 4. The van der Waals surface area contributed by atoms with E-state index in [4.69, 9.17) is 9.47 Å². The molecule has 5 heteroatoms. The Hall–Kier alpha value is -1.72. The van der Waals surface area contributed by atoms with Crippen LogP contribution in [-0.4, -0.2) is 44.7 Å². The second-order valence-electron chi connectivity index (χ2n) is 5.62. The molecule has 0 saturated carbocycles. The van der Waals surface area contributed by atoms with Crippen molar-refractivity contribution in [3.8, 4) is 0 Å². The fourth-order valence-corrected chi connectivity index (χ4v) is 1.81. The van der Waals surface area contributed by atoms with Gasteiger partial charge in [0.1, 0.15) is 6.61 Å². The summed E-state index contributed by atoms with van der Waals surface area (Å²) < 4.78 is 10.5. The summed E-state index contributed by atoms with van der Waals surface area (Å²) in [5.74, 6) is 0.119. The number of ketones is 1. The van der Waals surface area contributed by atoms with E-state index in [-0.39, 0.29) is 24.2 Å². The smallest absolute Gasteiger partial charge is 0.220 e. The van der Waals surface area contributed by atoms with Crippen LogP contribution in [0.15, 0.2) is 30.3 Å². The quantitative estimate of drug-likeness (QED) is 0.598. The summed E-state index contributed by atoms with van der Waals surface area (Å²) in [6.07, 6.45) is 1.22. The van der Waals surface area contributed by atoms with Gasteiger partial charge in [0.2, 0.25) is 5.91 Å². The molecule has 1 amide bonds. The highest BCUT2D eigenvalue weighted by molar-refractivity contribution is 5.81. The fourth-order valence-electron chi connectivity index (χ4n) is 1.81. The van der Waals surface area contributed by atoms with E-state index in [0.717, 1.165) is 12.0 Å². The van der Waals surface area contributed by atoms with E-state index in [9.17, 15) is 9.59 Å². The molecule has 0 spiro atoms. The van der Waals surface area contributed by atoms with Gasteiger partial charge in [0.25, 0.3) is 0 Å². The van der Waals surface area contributed by atoms with Crippen molar-refractivity contribution in [3.05, 3.63) is 35.9 Å². The molecule has 5 nitrogen and oxygen atoms in total. The maximum atomic E-state index is 11.7. The SMILES string of the molecule is CC(C)C(=O)COCCOCCNC(=O)CCc1ccccc1. The van der Waals surface area contributed by atoms with Gasteiger partial charge in [-0.05, 0) is 12.0 Å². The minimum atomic E-state index is 0.00187. The van der Waals surface area contributed by atoms with Crippen LogP contribution in [-0.2, 0) is 25.5 Å². The summed E-state index contributed by atoms with van der Waals surface area (Å²) in [5.41, 5.74) is 1.16. The van der Waals surface area contributed by atoms with E-state index in [1.54, 1.807) is 0 Å². The molecule has 0 atom stereocenters. The lowest BCUT2D eigenvalue weighted by molar-refractivity contribution is -0.127. The first-order valence-corrected chi connectivity index (χ1v) is 8.08. The van der Waals surface area contributed by atoms with Crippen molar-refractivity contribution in [2.45, 2.75) is 26.7 Å². The maximum Gasteiger partial charge on any atom is 0.220 e. The molecule has 1 rings (SSSR count). The summed E-state index contributed by atoms with van der Waals surface area (Å²) in [5, 5.41) is 2.82. The molecule has 0 aromatic heterocycles. The van der Waals surface area contributed by atoms with Crippen molar-refractivity contribution in [3.63, 3.8) is 0 Å². The Bertz CT molecular complexity index is 459. The summed E-state index contributed by atoms with van der Waals surface area (Å²) >= 11 is 0. The summed E-state index contributed by atoms with van der Waals surface area (Å²) in [4.78, 5) is 23.0. The molecule has 0 aliphatic heterocycles. The molecule has 1 aromatic rings. The van der Waals surface area contributed by atoms with Crippen LogP contribution < -0.4 is 5.32 Å². The second kappa shape index (κ2) is 11.8. The maximum absolute atomic E-state index is 11.7. The minimum absolute atomic E-state index is 0.00187. The molecule has 0 saturated heterocycles. The van der Waals surface area contributed by atoms with E-state index in [1.165, 1.54) is 0 Å². The number of amides is 1. The normalized spacial score (nSPS) is 10.7. The lowest BCUT2D eigenvalue weighted by Crippen LogP contribution is -2.28. The van der Waals surface area contributed by atoms with Crippen molar-refractivity contribution in [2.24, 2.45) is 5.92 Å². The van der Waals surface area contributed by atoms with Gasteiger partial charge >= 0.3 is 0 Å². The third-order valence-corrected chi connectivity index (χ3v) is 3.31. The average Bonchev–Trinajstić information content (AvgIpc) is 2.56. The van der Waals surface area contributed by atoms with Crippen LogP contribution in [0.2, 0.25) is 0 Å². The molecule has 0 radical (unpaired) electrons. The van der Waals surface area contributed by atoms with Crippen LogP contribution in [0.5, 0.6) is 0 Å². The lowest BCUT2D eigenvalue weighted by atomic mass is 10.1. The van der Waals surface area contributed by atoms with Crippen LogP contribution >= 0.6 is 0 Å². The van der Waals surface area contributed by atoms with Gasteiger partial charge in [0, 0.05) is 18.9 Å². The zero-order valence-electron chi connectivity index (χ0n) is 14.0. The standard InChI is InChI=1S/C18H27NO4/c1-15(2)17(20)14-23-13-12-22-11-10-19-18(21)9-8-16-6-4-3-5-7-16/h3-7,15H,8-14H2,1-2H3,(H,19,21). The predicted octanol–water partition coefficient (Wildman–Crippen LogP) is 1.99. The number of nitrogens with one attached hydrogen (secondary N) is 1. The Morgan fingerprint density at radius 3 is 2.43 bits per heavy atom. The van der Waals surface area contributed by atoms with Gasteiger partial charge in [-0.3, -0.25) is 9.59 Å². The fraction of sp³-hybridized carbons (Fsp3) is 0.556. The van der Waals surface area contributed by atoms with Gasteiger partial charge in [-0.15, -0.1) is 0 Å². The van der Waals surface area contributed by atoms with Crippen LogP contribution in [0.25, 0.3) is 0 Å². The number of Topliss-reactive ketones (excluding diaryl/α,β-unsaturated/α-hetero) is 1. The first kappa shape index (κ1) is 19.3. The molecule has 0 unspecified atom stereocenters. The summed E-state index contributed by atoms with van der Waals surface area (Å²) in [6.45, 7) is 5.57. The lowest BCUT2D eigenvalue weighted by Gasteiger charge is -2.08. The Labute approximate surface area is 138 Å². The topological polar surface area (TPSA) is 64.6 Å². The van der Waals surface area contributed by atoms with E-state index in [1.807, 2.05) is 44.2 Å². The van der Waals surface area contributed by atoms with Gasteiger partial charge < -0.3 is 14.8 Å². The Morgan fingerprint density at radius 2 is 1.74 bits per heavy atom.